The second-order valence-corrected chi connectivity index (χ2v) is 4.17. The number of rotatable bonds is 2. The van der Waals surface area contributed by atoms with Crippen molar-refractivity contribution in [2.45, 2.75) is 6.92 Å². The normalized spacial score (nSPS) is 9.85. The molecule has 0 saturated heterocycles. The standard InChI is InChI=1S/C14H11FN4O/c1-8-4-13(17)11(7-18-8)14(20)19-10-2-3-12(15)9(5-10)6-16/h2-5,7H,1H3,(H2,17,18)(H,19,20). The van der Waals surface area contributed by atoms with Crippen LogP contribution in [0.15, 0.2) is 30.5 Å². The Morgan fingerprint density at radius 2 is 2.20 bits per heavy atom. The van der Waals surface area contributed by atoms with Crippen molar-refractivity contribution in [3.8, 4) is 6.07 Å². The van der Waals surface area contributed by atoms with Crippen LogP contribution in [0.5, 0.6) is 0 Å². The molecule has 0 unspecified atom stereocenters. The Hall–Kier alpha value is -2.94. The molecule has 0 fully saturated rings. The third-order valence-corrected chi connectivity index (χ3v) is 2.66. The highest BCUT2D eigenvalue weighted by atomic mass is 19.1. The number of benzene rings is 1. The number of carbonyl (C=O) groups excluding carboxylic acids is 1. The fraction of sp³-hybridized carbons (Fsp3) is 0.0714. The summed E-state index contributed by atoms with van der Waals surface area (Å²) in [5.41, 5.74) is 7.14. The van der Waals surface area contributed by atoms with Gasteiger partial charge in [-0.15, -0.1) is 0 Å². The first kappa shape index (κ1) is 13.5. The Morgan fingerprint density at radius 3 is 2.85 bits per heavy atom. The Kier molecular flexibility index (Phi) is 3.62. The Bertz CT molecular complexity index is 722. The van der Waals surface area contributed by atoms with Crippen molar-refractivity contribution >= 4 is 17.3 Å². The van der Waals surface area contributed by atoms with Gasteiger partial charge in [-0.2, -0.15) is 5.26 Å². The lowest BCUT2D eigenvalue weighted by atomic mass is 10.1. The lowest BCUT2D eigenvalue weighted by molar-refractivity contribution is 0.102. The summed E-state index contributed by atoms with van der Waals surface area (Å²) in [7, 11) is 0. The highest BCUT2D eigenvalue weighted by molar-refractivity contribution is 6.07. The maximum atomic E-state index is 13.2. The molecule has 1 heterocycles. The van der Waals surface area contributed by atoms with Gasteiger partial charge in [0.25, 0.3) is 5.91 Å². The number of aryl methyl sites for hydroxylation is 1. The number of nitrogens with zero attached hydrogens (tertiary/aromatic N) is 2. The molecule has 5 nitrogen and oxygen atoms in total. The molecular weight excluding hydrogens is 259 g/mol. The number of nitrogens with one attached hydrogen (secondary N) is 1. The minimum absolute atomic E-state index is 0.141. The van der Waals surface area contributed by atoms with Crippen LogP contribution in [-0.4, -0.2) is 10.9 Å². The number of nitrogens with two attached hydrogens (primary N) is 1. The molecule has 0 aliphatic carbocycles. The van der Waals surface area contributed by atoms with Gasteiger partial charge in [0.2, 0.25) is 0 Å². The zero-order valence-electron chi connectivity index (χ0n) is 10.6. The highest BCUT2D eigenvalue weighted by Crippen LogP contribution is 2.17. The van der Waals surface area contributed by atoms with E-state index in [1.165, 1.54) is 18.3 Å². The van der Waals surface area contributed by atoms with Gasteiger partial charge >= 0.3 is 0 Å². The minimum Gasteiger partial charge on any atom is -0.398 e. The van der Waals surface area contributed by atoms with E-state index in [4.69, 9.17) is 11.0 Å². The molecule has 6 heteroatoms. The van der Waals surface area contributed by atoms with Gasteiger partial charge in [0, 0.05) is 23.3 Å². The number of carbonyl (C=O) groups is 1. The van der Waals surface area contributed by atoms with Crippen LogP contribution in [0.3, 0.4) is 0 Å². The fourth-order valence-electron chi connectivity index (χ4n) is 1.66. The summed E-state index contributed by atoms with van der Waals surface area (Å²) in [6.07, 6.45) is 1.37. The van der Waals surface area contributed by atoms with E-state index < -0.39 is 11.7 Å². The van der Waals surface area contributed by atoms with Crippen LogP contribution in [-0.2, 0) is 0 Å². The Labute approximate surface area is 114 Å². The maximum Gasteiger partial charge on any atom is 0.259 e. The Balaban J connectivity index is 2.26. The van der Waals surface area contributed by atoms with Gasteiger partial charge < -0.3 is 11.1 Å². The van der Waals surface area contributed by atoms with E-state index >= 15 is 0 Å². The first-order valence-corrected chi connectivity index (χ1v) is 5.74. The topological polar surface area (TPSA) is 91.8 Å². The first-order valence-electron chi connectivity index (χ1n) is 5.74. The van der Waals surface area contributed by atoms with Crippen molar-refractivity contribution in [1.82, 2.24) is 4.98 Å². The SMILES string of the molecule is Cc1cc(N)c(C(=O)Nc2ccc(F)c(C#N)c2)cn1. The van der Waals surface area contributed by atoms with Crippen molar-refractivity contribution in [2.75, 3.05) is 11.1 Å². The van der Waals surface area contributed by atoms with Gasteiger partial charge in [-0.3, -0.25) is 9.78 Å². The number of anilines is 2. The van der Waals surface area contributed by atoms with Crippen molar-refractivity contribution in [2.24, 2.45) is 0 Å². The molecule has 1 amide bonds. The predicted octanol–water partition coefficient (Wildman–Crippen LogP) is 2.24. The zero-order valence-corrected chi connectivity index (χ0v) is 10.6. The number of nitrogen functional groups attached to an aromatic ring is 1. The molecule has 2 aromatic rings. The summed E-state index contributed by atoms with van der Waals surface area (Å²) in [6, 6.07) is 7.03. The summed E-state index contributed by atoms with van der Waals surface area (Å²) in [5.74, 6) is -1.10. The van der Waals surface area contributed by atoms with Crippen LogP contribution < -0.4 is 11.1 Å². The molecule has 0 atom stereocenters. The molecule has 100 valence electrons. The molecule has 0 saturated carbocycles. The van der Waals surface area contributed by atoms with E-state index in [9.17, 15) is 9.18 Å². The number of hydrogen-bond donors (Lipinski definition) is 2. The molecule has 0 bridgehead atoms. The molecule has 3 N–H and O–H groups in total. The lowest BCUT2D eigenvalue weighted by Gasteiger charge is -2.08. The molecule has 0 radical (unpaired) electrons. The summed E-state index contributed by atoms with van der Waals surface area (Å²) < 4.78 is 13.2. The van der Waals surface area contributed by atoms with Gasteiger partial charge in [0.1, 0.15) is 11.9 Å². The van der Waals surface area contributed by atoms with E-state index in [0.29, 0.717) is 17.1 Å². The summed E-state index contributed by atoms with van der Waals surface area (Å²) in [4.78, 5) is 16.0. The largest absolute Gasteiger partial charge is 0.398 e. The third kappa shape index (κ3) is 2.72. The molecule has 1 aromatic carbocycles. The van der Waals surface area contributed by atoms with Crippen molar-refractivity contribution in [3.05, 3.63) is 53.1 Å². The van der Waals surface area contributed by atoms with Gasteiger partial charge in [-0.1, -0.05) is 0 Å². The van der Waals surface area contributed by atoms with Crippen molar-refractivity contribution in [1.29, 1.82) is 5.26 Å². The fourth-order valence-corrected chi connectivity index (χ4v) is 1.66. The second kappa shape index (κ2) is 5.36. The van der Waals surface area contributed by atoms with E-state index in [1.807, 2.05) is 0 Å². The molecule has 0 aliphatic heterocycles. The van der Waals surface area contributed by atoms with Crippen molar-refractivity contribution < 1.29 is 9.18 Å². The number of hydrogen-bond acceptors (Lipinski definition) is 4. The molecule has 1 aromatic heterocycles. The first-order chi connectivity index (χ1) is 9.51. The van der Waals surface area contributed by atoms with Gasteiger partial charge in [0.15, 0.2) is 0 Å². The van der Waals surface area contributed by atoms with Crippen LogP contribution in [0.4, 0.5) is 15.8 Å². The van der Waals surface area contributed by atoms with Gasteiger partial charge in [-0.05, 0) is 31.2 Å². The number of pyridine rings is 1. The summed E-state index contributed by atoms with van der Waals surface area (Å²) in [6.45, 7) is 1.76. The van der Waals surface area contributed by atoms with Crippen LogP contribution in [0.1, 0.15) is 21.6 Å². The van der Waals surface area contributed by atoms with E-state index in [2.05, 4.69) is 10.3 Å². The summed E-state index contributed by atoms with van der Waals surface area (Å²) >= 11 is 0. The molecular formula is C14H11FN4O. The minimum atomic E-state index is -0.637. The number of amides is 1. The number of aromatic nitrogens is 1. The molecule has 0 spiro atoms. The van der Waals surface area contributed by atoms with Crippen LogP contribution in [0.25, 0.3) is 0 Å². The molecule has 2 rings (SSSR count). The molecule has 20 heavy (non-hydrogen) atoms. The van der Waals surface area contributed by atoms with E-state index in [0.717, 1.165) is 6.07 Å². The predicted molar refractivity (Wildman–Crippen MR) is 72.5 cm³/mol. The number of halogens is 1. The lowest BCUT2D eigenvalue weighted by Crippen LogP contribution is -2.15. The number of nitriles is 1. The van der Waals surface area contributed by atoms with Crippen LogP contribution in [0.2, 0.25) is 0 Å². The quantitative estimate of drug-likeness (QED) is 0.875. The molecule has 0 aliphatic rings. The monoisotopic (exact) mass is 270 g/mol. The smallest absolute Gasteiger partial charge is 0.259 e. The maximum absolute atomic E-state index is 13.2. The summed E-state index contributed by atoms with van der Waals surface area (Å²) in [5, 5.41) is 11.3. The van der Waals surface area contributed by atoms with E-state index in [-0.39, 0.29) is 11.1 Å². The van der Waals surface area contributed by atoms with Gasteiger partial charge in [0.05, 0.1) is 11.1 Å². The Morgan fingerprint density at radius 1 is 1.45 bits per heavy atom. The van der Waals surface area contributed by atoms with Gasteiger partial charge in [-0.25, -0.2) is 4.39 Å². The van der Waals surface area contributed by atoms with Crippen LogP contribution >= 0.6 is 0 Å². The van der Waals surface area contributed by atoms with E-state index in [1.54, 1.807) is 19.1 Å². The zero-order chi connectivity index (χ0) is 14.7. The highest BCUT2D eigenvalue weighted by Gasteiger charge is 2.12. The average molecular weight is 270 g/mol. The average Bonchev–Trinajstić information content (AvgIpc) is 2.40. The third-order valence-electron chi connectivity index (χ3n) is 2.66. The van der Waals surface area contributed by atoms with Crippen molar-refractivity contribution in [3.63, 3.8) is 0 Å². The van der Waals surface area contributed by atoms with Crippen LogP contribution in [0, 0.1) is 24.1 Å². The second-order valence-electron chi connectivity index (χ2n) is 4.17.